The van der Waals surface area contributed by atoms with E-state index in [-0.39, 0.29) is 17.8 Å². The van der Waals surface area contributed by atoms with Crippen LogP contribution < -0.4 is 5.32 Å². The molecular formula is C16H18FN3O. The Morgan fingerprint density at radius 2 is 2.33 bits per heavy atom. The van der Waals surface area contributed by atoms with Gasteiger partial charge in [-0.1, -0.05) is 19.1 Å². The lowest BCUT2D eigenvalue weighted by Crippen LogP contribution is -2.27. The van der Waals surface area contributed by atoms with Crippen LogP contribution in [-0.2, 0) is 4.79 Å². The van der Waals surface area contributed by atoms with E-state index in [2.05, 4.69) is 15.3 Å². The van der Waals surface area contributed by atoms with Gasteiger partial charge in [-0.25, -0.2) is 9.37 Å². The second-order valence-electron chi connectivity index (χ2n) is 4.78. The van der Waals surface area contributed by atoms with Crippen molar-refractivity contribution < 1.29 is 9.18 Å². The number of H-pyrrole nitrogens is 1. The van der Waals surface area contributed by atoms with E-state index in [4.69, 9.17) is 0 Å². The maximum atomic E-state index is 13.2. The predicted molar refractivity (Wildman–Crippen MR) is 79.8 cm³/mol. The van der Waals surface area contributed by atoms with Crippen LogP contribution in [0, 0.1) is 5.82 Å². The number of benzene rings is 1. The fourth-order valence-corrected chi connectivity index (χ4v) is 2.06. The Balaban J connectivity index is 2.08. The van der Waals surface area contributed by atoms with E-state index in [1.54, 1.807) is 31.5 Å². The first-order valence-electron chi connectivity index (χ1n) is 6.84. The summed E-state index contributed by atoms with van der Waals surface area (Å²) in [7, 11) is 0. The lowest BCUT2D eigenvalue weighted by molar-refractivity contribution is -0.117. The van der Waals surface area contributed by atoms with Gasteiger partial charge in [0.2, 0.25) is 5.91 Å². The minimum Gasteiger partial charge on any atom is -0.347 e. The van der Waals surface area contributed by atoms with Gasteiger partial charge < -0.3 is 10.3 Å². The zero-order chi connectivity index (χ0) is 15.2. The van der Waals surface area contributed by atoms with Gasteiger partial charge in [-0.2, -0.15) is 0 Å². The van der Waals surface area contributed by atoms with E-state index in [1.165, 1.54) is 18.2 Å². The highest BCUT2D eigenvalue weighted by Crippen LogP contribution is 2.16. The van der Waals surface area contributed by atoms with Crippen molar-refractivity contribution in [1.29, 1.82) is 0 Å². The molecule has 1 unspecified atom stereocenters. The molecule has 1 atom stereocenters. The van der Waals surface area contributed by atoms with Crippen LogP contribution in [0.1, 0.15) is 37.7 Å². The van der Waals surface area contributed by atoms with Crippen LogP contribution in [0.2, 0.25) is 0 Å². The van der Waals surface area contributed by atoms with Crippen molar-refractivity contribution in [2.45, 2.75) is 26.3 Å². The quantitative estimate of drug-likeness (QED) is 0.830. The maximum absolute atomic E-state index is 13.2. The third kappa shape index (κ3) is 4.02. The Morgan fingerprint density at radius 1 is 1.52 bits per heavy atom. The zero-order valence-corrected chi connectivity index (χ0v) is 12.1. The van der Waals surface area contributed by atoms with E-state index in [1.807, 2.05) is 6.92 Å². The van der Waals surface area contributed by atoms with E-state index in [0.29, 0.717) is 11.1 Å². The molecule has 0 aliphatic rings. The van der Waals surface area contributed by atoms with Gasteiger partial charge in [-0.3, -0.25) is 4.79 Å². The third-order valence-electron chi connectivity index (χ3n) is 3.20. The minimum absolute atomic E-state index is 0.163. The third-order valence-corrected chi connectivity index (χ3v) is 3.20. The largest absolute Gasteiger partial charge is 0.347 e. The molecule has 2 N–H and O–H groups in total. The molecule has 2 aromatic rings. The summed E-state index contributed by atoms with van der Waals surface area (Å²) in [5.74, 6) is 0.186. The van der Waals surface area contributed by atoms with Gasteiger partial charge in [0.15, 0.2) is 0 Å². The first kappa shape index (κ1) is 15.0. The molecule has 0 bridgehead atoms. The minimum atomic E-state index is -0.317. The zero-order valence-electron chi connectivity index (χ0n) is 12.1. The first-order valence-corrected chi connectivity index (χ1v) is 6.84. The van der Waals surface area contributed by atoms with Crippen LogP contribution in [0.4, 0.5) is 4.39 Å². The highest BCUT2D eigenvalue weighted by Gasteiger charge is 2.13. The van der Waals surface area contributed by atoms with Gasteiger partial charge in [0, 0.05) is 18.5 Å². The highest BCUT2D eigenvalue weighted by atomic mass is 19.1. The molecule has 21 heavy (non-hydrogen) atoms. The molecule has 0 spiro atoms. The maximum Gasteiger partial charge on any atom is 0.244 e. The van der Waals surface area contributed by atoms with Gasteiger partial charge in [0.1, 0.15) is 11.6 Å². The topological polar surface area (TPSA) is 57.8 Å². The Morgan fingerprint density at radius 3 is 2.95 bits per heavy atom. The van der Waals surface area contributed by atoms with Crippen molar-refractivity contribution in [1.82, 2.24) is 15.3 Å². The van der Waals surface area contributed by atoms with Gasteiger partial charge >= 0.3 is 0 Å². The number of aromatic nitrogens is 2. The lowest BCUT2D eigenvalue weighted by atomic mass is 10.1. The molecule has 1 amide bonds. The SMILES string of the molecule is CCC(NC(=O)/C=C(\C)c1cccc(F)c1)c1ncc[nH]1. The summed E-state index contributed by atoms with van der Waals surface area (Å²) in [6.45, 7) is 3.75. The average molecular weight is 287 g/mol. The van der Waals surface area contributed by atoms with E-state index >= 15 is 0 Å². The van der Waals surface area contributed by atoms with Crippen LogP contribution in [0.5, 0.6) is 0 Å². The second kappa shape index (κ2) is 6.83. The van der Waals surface area contributed by atoms with Gasteiger partial charge in [0.05, 0.1) is 6.04 Å². The number of aromatic amines is 1. The predicted octanol–water partition coefficient (Wildman–Crippen LogP) is 3.22. The Labute approximate surface area is 123 Å². The summed E-state index contributed by atoms with van der Waals surface area (Å²) in [6, 6.07) is 6.01. The van der Waals surface area contributed by atoms with Crippen molar-refractivity contribution >= 4 is 11.5 Å². The highest BCUT2D eigenvalue weighted by molar-refractivity contribution is 5.95. The molecule has 1 heterocycles. The number of allylic oxidation sites excluding steroid dienone is 1. The normalized spacial score (nSPS) is 13.0. The molecule has 2 rings (SSSR count). The summed E-state index contributed by atoms with van der Waals surface area (Å²) in [5, 5.41) is 2.88. The summed E-state index contributed by atoms with van der Waals surface area (Å²) in [6.07, 6.45) is 5.57. The number of rotatable bonds is 5. The van der Waals surface area contributed by atoms with Crippen molar-refractivity contribution in [3.8, 4) is 0 Å². The first-order chi connectivity index (χ1) is 10.1. The molecule has 0 aliphatic heterocycles. The molecule has 0 saturated heterocycles. The Kier molecular flexibility index (Phi) is 4.87. The standard InChI is InChI=1S/C16H18FN3O/c1-3-14(16-18-7-8-19-16)20-15(21)9-11(2)12-5-4-6-13(17)10-12/h4-10,14H,3H2,1-2H3,(H,18,19)(H,20,21)/b11-9+. The summed E-state index contributed by atoms with van der Waals surface area (Å²) >= 11 is 0. The number of halogens is 1. The Bertz CT molecular complexity index is 635. The van der Waals surface area contributed by atoms with Gasteiger partial charge in [0.25, 0.3) is 0 Å². The van der Waals surface area contributed by atoms with Crippen LogP contribution in [0.3, 0.4) is 0 Å². The van der Waals surface area contributed by atoms with Crippen molar-refractivity contribution in [3.63, 3.8) is 0 Å². The molecule has 0 saturated carbocycles. The molecule has 0 fully saturated rings. The smallest absolute Gasteiger partial charge is 0.244 e. The molecule has 1 aromatic heterocycles. The molecule has 0 radical (unpaired) electrons. The van der Waals surface area contributed by atoms with Crippen LogP contribution >= 0.6 is 0 Å². The molecule has 5 heteroatoms. The summed E-state index contributed by atoms with van der Waals surface area (Å²) < 4.78 is 13.2. The number of hydrogen-bond donors (Lipinski definition) is 2. The lowest BCUT2D eigenvalue weighted by Gasteiger charge is -2.13. The average Bonchev–Trinajstić information content (AvgIpc) is 2.98. The second-order valence-corrected chi connectivity index (χ2v) is 4.78. The number of hydrogen-bond acceptors (Lipinski definition) is 2. The van der Waals surface area contributed by atoms with E-state index in [9.17, 15) is 9.18 Å². The molecular weight excluding hydrogens is 269 g/mol. The molecule has 4 nitrogen and oxygen atoms in total. The van der Waals surface area contributed by atoms with Crippen LogP contribution in [0.15, 0.2) is 42.7 Å². The fraction of sp³-hybridized carbons (Fsp3) is 0.250. The molecule has 0 aliphatic carbocycles. The van der Waals surface area contributed by atoms with Crippen molar-refractivity contribution in [3.05, 3.63) is 59.9 Å². The summed E-state index contributed by atoms with van der Waals surface area (Å²) in [4.78, 5) is 19.2. The van der Waals surface area contributed by atoms with E-state index in [0.717, 1.165) is 12.2 Å². The number of carbonyl (C=O) groups is 1. The molecule has 110 valence electrons. The summed E-state index contributed by atoms with van der Waals surface area (Å²) in [5.41, 5.74) is 1.40. The number of carbonyl (C=O) groups excluding carboxylic acids is 1. The molecule has 1 aromatic carbocycles. The van der Waals surface area contributed by atoms with Crippen LogP contribution in [0.25, 0.3) is 5.57 Å². The van der Waals surface area contributed by atoms with Gasteiger partial charge in [-0.15, -0.1) is 0 Å². The van der Waals surface area contributed by atoms with Crippen molar-refractivity contribution in [2.24, 2.45) is 0 Å². The Hall–Kier alpha value is -2.43. The number of imidazole rings is 1. The van der Waals surface area contributed by atoms with Crippen LogP contribution in [-0.4, -0.2) is 15.9 Å². The number of nitrogens with zero attached hydrogens (tertiary/aromatic N) is 1. The number of amides is 1. The van der Waals surface area contributed by atoms with Crippen molar-refractivity contribution in [2.75, 3.05) is 0 Å². The monoisotopic (exact) mass is 287 g/mol. The number of nitrogens with one attached hydrogen (secondary N) is 2. The fourth-order valence-electron chi connectivity index (χ4n) is 2.06. The van der Waals surface area contributed by atoms with E-state index < -0.39 is 0 Å². The van der Waals surface area contributed by atoms with Gasteiger partial charge in [-0.05, 0) is 36.6 Å².